The normalized spacial score (nSPS) is 21.8. The van der Waals surface area contributed by atoms with Crippen molar-refractivity contribution in [2.45, 2.75) is 66.2 Å². The third kappa shape index (κ3) is 4.75. The lowest BCUT2D eigenvalue weighted by molar-refractivity contribution is -0.145. The summed E-state index contributed by atoms with van der Waals surface area (Å²) in [5, 5.41) is 0. The predicted octanol–water partition coefficient (Wildman–Crippen LogP) is 5.03. The number of Topliss-reactive ketones (excluding diaryl/α,β-unsaturated/α-hetero) is 2. The minimum atomic E-state index is -0.435. The van der Waals surface area contributed by atoms with E-state index in [1.54, 1.807) is 19.1 Å². The monoisotopic (exact) mass is 452 g/mol. The Kier molecular flexibility index (Phi) is 5.97. The van der Waals surface area contributed by atoms with Crippen molar-refractivity contribution in [3.05, 3.63) is 52.5 Å². The van der Waals surface area contributed by atoms with Crippen LogP contribution in [-0.2, 0) is 23.9 Å². The molecule has 1 aromatic carbocycles. The third-order valence-corrected chi connectivity index (χ3v) is 6.46. The minimum absolute atomic E-state index is 0.0399. The van der Waals surface area contributed by atoms with E-state index in [1.807, 2.05) is 12.1 Å². The van der Waals surface area contributed by atoms with Crippen LogP contribution < -0.4 is 4.74 Å². The van der Waals surface area contributed by atoms with Gasteiger partial charge < -0.3 is 14.2 Å². The van der Waals surface area contributed by atoms with E-state index in [-0.39, 0.29) is 29.0 Å². The van der Waals surface area contributed by atoms with E-state index < -0.39 is 11.9 Å². The molecule has 0 amide bonds. The topological polar surface area (TPSA) is 78.9 Å². The molecule has 1 aliphatic heterocycles. The van der Waals surface area contributed by atoms with Gasteiger partial charge in [0.25, 0.3) is 0 Å². The van der Waals surface area contributed by atoms with E-state index in [2.05, 4.69) is 27.7 Å². The van der Waals surface area contributed by atoms with Gasteiger partial charge in [0.15, 0.2) is 18.2 Å². The highest BCUT2D eigenvalue weighted by Crippen LogP contribution is 2.53. The summed E-state index contributed by atoms with van der Waals surface area (Å²) in [5.41, 5.74) is 1.71. The summed E-state index contributed by atoms with van der Waals surface area (Å²) in [6.45, 7) is 10.2. The Balaban J connectivity index is 1.71. The number of ketones is 2. The molecular weight excluding hydrogens is 420 g/mol. The summed E-state index contributed by atoms with van der Waals surface area (Å²) in [4.78, 5) is 38.2. The van der Waals surface area contributed by atoms with Crippen molar-refractivity contribution in [2.24, 2.45) is 10.8 Å². The fraction of sp³-hybridized carbons (Fsp3) is 0.519. The Hall–Kier alpha value is -2.89. The third-order valence-electron chi connectivity index (χ3n) is 6.46. The van der Waals surface area contributed by atoms with Crippen molar-refractivity contribution in [3.8, 4) is 5.75 Å². The zero-order valence-corrected chi connectivity index (χ0v) is 20.1. The molecule has 0 spiro atoms. The van der Waals surface area contributed by atoms with Crippen LogP contribution in [0.1, 0.15) is 71.8 Å². The molecule has 33 heavy (non-hydrogen) atoms. The summed E-state index contributed by atoms with van der Waals surface area (Å²) < 4.78 is 16.7. The predicted molar refractivity (Wildman–Crippen MR) is 122 cm³/mol. The van der Waals surface area contributed by atoms with Gasteiger partial charge in [-0.05, 0) is 35.4 Å². The number of rotatable bonds is 5. The van der Waals surface area contributed by atoms with Crippen LogP contribution in [-0.4, -0.2) is 30.7 Å². The molecule has 1 heterocycles. The summed E-state index contributed by atoms with van der Waals surface area (Å²) >= 11 is 0. The second kappa shape index (κ2) is 8.47. The molecule has 0 fully saturated rings. The van der Waals surface area contributed by atoms with E-state index in [4.69, 9.17) is 14.2 Å². The zero-order valence-electron chi connectivity index (χ0n) is 20.1. The molecule has 0 radical (unpaired) electrons. The number of esters is 1. The quantitative estimate of drug-likeness (QED) is 0.583. The smallest absolute Gasteiger partial charge is 0.344 e. The van der Waals surface area contributed by atoms with Gasteiger partial charge in [0.05, 0.1) is 6.61 Å². The van der Waals surface area contributed by atoms with Crippen molar-refractivity contribution in [2.75, 3.05) is 13.2 Å². The fourth-order valence-corrected chi connectivity index (χ4v) is 5.11. The van der Waals surface area contributed by atoms with E-state index in [0.29, 0.717) is 60.7 Å². The van der Waals surface area contributed by atoms with Crippen LogP contribution >= 0.6 is 0 Å². The summed E-state index contributed by atoms with van der Waals surface area (Å²) in [6, 6.07) is 7.26. The van der Waals surface area contributed by atoms with Crippen molar-refractivity contribution in [1.82, 2.24) is 0 Å². The van der Waals surface area contributed by atoms with Crippen LogP contribution in [0.25, 0.3) is 0 Å². The first kappa shape index (κ1) is 23.3. The van der Waals surface area contributed by atoms with Gasteiger partial charge in [0, 0.05) is 42.7 Å². The van der Waals surface area contributed by atoms with Crippen LogP contribution in [0, 0.1) is 10.8 Å². The van der Waals surface area contributed by atoms with Crippen LogP contribution in [0.15, 0.2) is 46.9 Å². The maximum atomic E-state index is 13.3. The zero-order chi connectivity index (χ0) is 24.0. The Morgan fingerprint density at radius 1 is 0.909 bits per heavy atom. The lowest BCUT2D eigenvalue weighted by atomic mass is 9.65. The maximum Gasteiger partial charge on any atom is 0.344 e. The molecule has 0 N–H and O–H groups in total. The lowest BCUT2D eigenvalue weighted by Gasteiger charge is -2.42. The highest BCUT2D eigenvalue weighted by Gasteiger charge is 2.47. The number of benzene rings is 1. The fourth-order valence-electron chi connectivity index (χ4n) is 5.11. The average molecular weight is 453 g/mol. The number of allylic oxidation sites excluding steroid dienone is 4. The largest absolute Gasteiger partial charge is 0.482 e. The molecule has 3 aliphatic rings. The minimum Gasteiger partial charge on any atom is -0.482 e. The molecule has 0 bridgehead atoms. The Morgan fingerprint density at radius 3 is 1.91 bits per heavy atom. The molecule has 6 heteroatoms. The first-order valence-corrected chi connectivity index (χ1v) is 11.6. The van der Waals surface area contributed by atoms with Crippen molar-refractivity contribution >= 4 is 17.5 Å². The van der Waals surface area contributed by atoms with Crippen LogP contribution in [0.5, 0.6) is 5.75 Å². The van der Waals surface area contributed by atoms with Gasteiger partial charge in [0.2, 0.25) is 0 Å². The highest BCUT2D eigenvalue weighted by molar-refractivity contribution is 6.06. The second-order valence-electron chi connectivity index (χ2n) is 10.8. The van der Waals surface area contributed by atoms with Gasteiger partial charge in [-0.2, -0.15) is 0 Å². The maximum absolute atomic E-state index is 13.3. The number of carbonyl (C=O) groups excluding carboxylic acids is 3. The lowest BCUT2D eigenvalue weighted by Crippen LogP contribution is -2.37. The van der Waals surface area contributed by atoms with Crippen molar-refractivity contribution in [1.29, 1.82) is 0 Å². The molecule has 0 saturated heterocycles. The number of hydrogen-bond acceptors (Lipinski definition) is 6. The molecule has 0 unspecified atom stereocenters. The van der Waals surface area contributed by atoms with E-state index >= 15 is 0 Å². The summed E-state index contributed by atoms with van der Waals surface area (Å²) in [7, 11) is 0. The molecular formula is C27H32O6. The molecule has 6 nitrogen and oxygen atoms in total. The molecule has 1 aromatic rings. The summed E-state index contributed by atoms with van der Waals surface area (Å²) in [5.74, 6) is 1.14. The Bertz CT molecular complexity index is 1000. The Labute approximate surface area is 195 Å². The van der Waals surface area contributed by atoms with Gasteiger partial charge in [-0.3, -0.25) is 9.59 Å². The van der Waals surface area contributed by atoms with Crippen LogP contribution in [0.3, 0.4) is 0 Å². The SMILES string of the molecule is CCOC(=O)COc1ccc(C2C3=C(CC(C)(C)CC3=O)OC3=C2C(=O)CC(C)(C)C3)cc1. The molecule has 4 rings (SSSR count). The van der Waals surface area contributed by atoms with E-state index in [0.717, 1.165) is 5.56 Å². The number of hydrogen-bond donors (Lipinski definition) is 0. The van der Waals surface area contributed by atoms with Gasteiger partial charge in [0.1, 0.15) is 17.3 Å². The first-order valence-electron chi connectivity index (χ1n) is 11.6. The van der Waals surface area contributed by atoms with E-state index in [9.17, 15) is 14.4 Å². The molecule has 0 saturated carbocycles. The van der Waals surface area contributed by atoms with Crippen molar-refractivity contribution in [3.63, 3.8) is 0 Å². The first-order chi connectivity index (χ1) is 15.5. The Morgan fingerprint density at radius 2 is 1.42 bits per heavy atom. The van der Waals surface area contributed by atoms with Gasteiger partial charge in [-0.25, -0.2) is 4.79 Å². The van der Waals surface area contributed by atoms with Gasteiger partial charge >= 0.3 is 5.97 Å². The average Bonchev–Trinajstić information content (AvgIpc) is 2.69. The van der Waals surface area contributed by atoms with Gasteiger partial charge in [-0.1, -0.05) is 39.8 Å². The summed E-state index contributed by atoms with van der Waals surface area (Å²) in [6.07, 6.45) is 2.18. The number of carbonyl (C=O) groups is 3. The second-order valence-corrected chi connectivity index (χ2v) is 10.8. The molecule has 2 aliphatic carbocycles. The van der Waals surface area contributed by atoms with Crippen LogP contribution in [0.2, 0.25) is 0 Å². The highest BCUT2D eigenvalue weighted by atomic mass is 16.6. The van der Waals surface area contributed by atoms with Crippen LogP contribution in [0.4, 0.5) is 0 Å². The van der Waals surface area contributed by atoms with Crippen molar-refractivity contribution < 1.29 is 28.6 Å². The number of ether oxygens (including phenoxy) is 3. The molecule has 176 valence electrons. The molecule has 0 atom stereocenters. The molecule has 0 aromatic heterocycles. The van der Waals surface area contributed by atoms with E-state index in [1.165, 1.54) is 0 Å². The van der Waals surface area contributed by atoms with Gasteiger partial charge in [-0.15, -0.1) is 0 Å². The standard InChI is InChI=1S/C27H32O6/c1-6-31-22(30)15-32-17-9-7-16(8-10-17)23-24-18(28)11-26(2,3)13-20(24)33-21-14-27(4,5)12-19(29)25(21)23/h7-10,23H,6,11-15H2,1-5H3.